The number of hydrogen-bond donors (Lipinski definition) is 0. The van der Waals surface area contributed by atoms with Gasteiger partial charge in [-0.3, -0.25) is 9.69 Å². The second kappa shape index (κ2) is 10.0. The molecule has 2 aromatic carbocycles. The van der Waals surface area contributed by atoms with E-state index in [0.29, 0.717) is 51.5 Å². The Balaban J connectivity index is 1.36. The Morgan fingerprint density at radius 2 is 1.56 bits per heavy atom. The van der Waals surface area contributed by atoms with E-state index in [2.05, 4.69) is 4.90 Å². The lowest BCUT2D eigenvalue weighted by Gasteiger charge is -2.35. The molecule has 2 heterocycles. The fraction of sp³-hybridized carbons (Fsp3) is 0.435. The summed E-state index contributed by atoms with van der Waals surface area (Å²) in [7, 11) is -3.70. The maximum absolute atomic E-state index is 13.0. The van der Waals surface area contributed by atoms with Gasteiger partial charge >= 0.3 is 6.18 Å². The second-order valence-electron chi connectivity index (χ2n) is 8.31. The van der Waals surface area contributed by atoms with Gasteiger partial charge in [0.1, 0.15) is 0 Å². The van der Waals surface area contributed by atoms with Crippen molar-refractivity contribution >= 4 is 15.9 Å². The Labute approximate surface area is 196 Å². The lowest BCUT2D eigenvalue weighted by Crippen LogP contribution is -2.48. The highest BCUT2D eigenvalue weighted by molar-refractivity contribution is 7.89. The van der Waals surface area contributed by atoms with Gasteiger partial charge in [0.15, 0.2) is 0 Å². The van der Waals surface area contributed by atoms with Crippen LogP contribution in [0.1, 0.15) is 21.5 Å². The summed E-state index contributed by atoms with van der Waals surface area (Å²) in [4.78, 5) is 16.9. The van der Waals surface area contributed by atoms with E-state index in [-0.39, 0.29) is 23.9 Å². The van der Waals surface area contributed by atoms with Crippen LogP contribution in [-0.4, -0.2) is 80.9 Å². The second-order valence-corrected chi connectivity index (χ2v) is 10.2. The van der Waals surface area contributed by atoms with Crippen LogP contribution in [0.4, 0.5) is 13.2 Å². The first-order valence-electron chi connectivity index (χ1n) is 11.0. The van der Waals surface area contributed by atoms with Gasteiger partial charge in [-0.25, -0.2) is 8.42 Å². The zero-order valence-electron chi connectivity index (χ0n) is 18.5. The molecule has 0 aromatic heterocycles. The van der Waals surface area contributed by atoms with Gasteiger partial charge in [-0.1, -0.05) is 18.2 Å². The van der Waals surface area contributed by atoms with E-state index in [9.17, 15) is 26.4 Å². The van der Waals surface area contributed by atoms with E-state index in [4.69, 9.17) is 4.74 Å². The van der Waals surface area contributed by atoms with Crippen molar-refractivity contribution in [2.45, 2.75) is 17.6 Å². The number of morpholine rings is 1. The van der Waals surface area contributed by atoms with Crippen molar-refractivity contribution < 1.29 is 31.1 Å². The molecule has 2 aliphatic rings. The number of benzene rings is 2. The number of sulfonamides is 1. The monoisotopic (exact) mass is 497 g/mol. The predicted octanol–water partition coefficient (Wildman–Crippen LogP) is 2.68. The number of nitrogens with zero attached hydrogens (tertiary/aromatic N) is 3. The molecule has 0 N–H and O–H groups in total. The Morgan fingerprint density at radius 1 is 0.912 bits per heavy atom. The minimum atomic E-state index is -4.36. The Bertz CT molecular complexity index is 1110. The summed E-state index contributed by atoms with van der Waals surface area (Å²) in [6, 6.07) is 11.2. The highest BCUT2D eigenvalue weighted by atomic mass is 32.2. The predicted molar refractivity (Wildman–Crippen MR) is 119 cm³/mol. The Morgan fingerprint density at radius 3 is 2.18 bits per heavy atom. The number of piperazine rings is 1. The minimum absolute atomic E-state index is 0.0844. The third-order valence-corrected chi connectivity index (χ3v) is 7.93. The van der Waals surface area contributed by atoms with Crippen LogP contribution in [0, 0.1) is 0 Å². The third kappa shape index (κ3) is 5.60. The summed E-state index contributed by atoms with van der Waals surface area (Å²) in [5, 5.41) is 0. The van der Waals surface area contributed by atoms with Crippen LogP contribution in [0.25, 0.3) is 0 Å². The first kappa shape index (κ1) is 24.6. The molecule has 0 spiro atoms. The highest BCUT2D eigenvalue weighted by Gasteiger charge is 2.30. The molecular formula is C23H26F3N3O4S. The van der Waals surface area contributed by atoms with Crippen LogP contribution >= 0.6 is 0 Å². The SMILES string of the molecule is O=C(c1cccc(S(=O)(=O)N2CCOCC2)c1)N1CCN(Cc2ccc(C(F)(F)F)cc2)CC1. The lowest BCUT2D eigenvalue weighted by molar-refractivity contribution is -0.137. The van der Waals surface area contributed by atoms with Crippen molar-refractivity contribution in [2.24, 2.45) is 0 Å². The smallest absolute Gasteiger partial charge is 0.379 e. The molecule has 0 bridgehead atoms. The molecule has 34 heavy (non-hydrogen) atoms. The maximum atomic E-state index is 13.0. The van der Waals surface area contributed by atoms with Gasteiger partial charge in [0, 0.05) is 51.4 Å². The van der Waals surface area contributed by atoms with Crippen molar-refractivity contribution in [3.63, 3.8) is 0 Å². The molecule has 0 radical (unpaired) electrons. The van der Waals surface area contributed by atoms with E-state index in [1.165, 1.54) is 28.6 Å². The van der Waals surface area contributed by atoms with Gasteiger partial charge < -0.3 is 9.64 Å². The number of rotatable bonds is 5. The third-order valence-electron chi connectivity index (χ3n) is 6.04. The molecule has 2 fully saturated rings. The van der Waals surface area contributed by atoms with Gasteiger partial charge in [0.25, 0.3) is 5.91 Å². The molecular weight excluding hydrogens is 471 g/mol. The van der Waals surface area contributed by atoms with Crippen LogP contribution in [0.5, 0.6) is 0 Å². The number of amides is 1. The fourth-order valence-corrected chi connectivity index (χ4v) is 5.53. The van der Waals surface area contributed by atoms with E-state index in [1.54, 1.807) is 17.0 Å². The molecule has 1 amide bonds. The lowest BCUT2D eigenvalue weighted by atomic mass is 10.1. The standard InChI is InChI=1S/C23H26F3N3O4S/c24-23(25,26)20-6-4-18(5-7-20)17-27-8-10-28(11-9-27)22(30)19-2-1-3-21(16-19)34(31,32)29-12-14-33-15-13-29/h1-7,16H,8-15,17H2. The van der Waals surface area contributed by atoms with Crippen LogP contribution < -0.4 is 0 Å². The van der Waals surface area contributed by atoms with Crippen molar-refractivity contribution in [3.05, 3.63) is 65.2 Å². The van der Waals surface area contributed by atoms with Crippen molar-refractivity contribution in [1.29, 1.82) is 0 Å². The molecule has 0 saturated carbocycles. The van der Waals surface area contributed by atoms with E-state index in [1.807, 2.05) is 0 Å². The topological polar surface area (TPSA) is 70.2 Å². The molecule has 184 valence electrons. The van der Waals surface area contributed by atoms with Crippen LogP contribution in [0.3, 0.4) is 0 Å². The van der Waals surface area contributed by atoms with Crippen LogP contribution in [0.15, 0.2) is 53.4 Å². The summed E-state index contributed by atoms with van der Waals surface area (Å²) in [6.45, 7) is 3.76. The largest absolute Gasteiger partial charge is 0.416 e. The average molecular weight is 498 g/mol. The molecule has 7 nitrogen and oxygen atoms in total. The van der Waals surface area contributed by atoms with Gasteiger partial charge in [-0.05, 0) is 35.9 Å². The average Bonchev–Trinajstić information content (AvgIpc) is 2.84. The molecule has 4 rings (SSSR count). The number of alkyl halides is 3. The first-order chi connectivity index (χ1) is 16.1. The van der Waals surface area contributed by atoms with Gasteiger partial charge in [-0.2, -0.15) is 17.5 Å². The normalized spacial score (nSPS) is 18.7. The molecule has 2 aromatic rings. The first-order valence-corrected chi connectivity index (χ1v) is 12.4. The summed E-state index contributed by atoms with van der Waals surface area (Å²) in [5.74, 6) is -0.242. The number of ether oxygens (including phenoxy) is 1. The van der Waals surface area contributed by atoms with Crippen molar-refractivity contribution in [1.82, 2.24) is 14.1 Å². The summed E-state index contributed by atoms with van der Waals surface area (Å²) < 4.78 is 70.6. The van der Waals surface area contributed by atoms with Crippen LogP contribution in [-0.2, 0) is 27.5 Å². The highest BCUT2D eigenvalue weighted by Crippen LogP contribution is 2.29. The maximum Gasteiger partial charge on any atom is 0.416 e. The van der Waals surface area contributed by atoms with Crippen molar-refractivity contribution in [3.8, 4) is 0 Å². The molecule has 0 unspecified atom stereocenters. The van der Waals surface area contributed by atoms with Crippen LogP contribution in [0.2, 0.25) is 0 Å². The summed E-state index contributed by atoms with van der Waals surface area (Å²) in [6.07, 6.45) is -4.36. The number of hydrogen-bond acceptors (Lipinski definition) is 5. The van der Waals surface area contributed by atoms with Gasteiger partial charge in [0.2, 0.25) is 10.0 Å². The minimum Gasteiger partial charge on any atom is -0.379 e. The Kier molecular flexibility index (Phi) is 7.27. The van der Waals surface area contributed by atoms with E-state index >= 15 is 0 Å². The number of carbonyl (C=O) groups is 1. The van der Waals surface area contributed by atoms with E-state index < -0.39 is 21.8 Å². The summed E-state index contributed by atoms with van der Waals surface area (Å²) >= 11 is 0. The van der Waals surface area contributed by atoms with E-state index in [0.717, 1.165) is 17.7 Å². The van der Waals surface area contributed by atoms with Gasteiger partial charge in [-0.15, -0.1) is 0 Å². The molecule has 0 atom stereocenters. The fourth-order valence-electron chi connectivity index (χ4n) is 4.07. The number of halogens is 3. The Hall–Kier alpha value is -2.47. The molecule has 11 heteroatoms. The molecule has 2 aliphatic heterocycles. The molecule has 0 aliphatic carbocycles. The quantitative estimate of drug-likeness (QED) is 0.636. The zero-order valence-corrected chi connectivity index (χ0v) is 19.3. The van der Waals surface area contributed by atoms with Gasteiger partial charge in [0.05, 0.1) is 23.7 Å². The number of carbonyl (C=O) groups excluding carboxylic acids is 1. The summed E-state index contributed by atoms with van der Waals surface area (Å²) in [5.41, 5.74) is 0.406. The zero-order chi connectivity index (χ0) is 24.3. The molecule has 2 saturated heterocycles. The van der Waals surface area contributed by atoms with Crippen molar-refractivity contribution in [2.75, 3.05) is 52.5 Å².